The smallest absolute Gasteiger partial charge is 0.289 e. The summed E-state index contributed by atoms with van der Waals surface area (Å²) in [6.45, 7) is 4.95. The average molecular weight is 364 g/mol. The van der Waals surface area contributed by atoms with Crippen LogP contribution in [-0.2, 0) is 9.59 Å². The van der Waals surface area contributed by atoms with Gasteiger partial charge >= 0.3 is 0 Å². The number of hydrogen-bond donors (Lipinski definition) is 0. The van der Waals surface area contributed by atoms with Gasteiger partial charge in [-0.05, 0) is 43.4 Å². The van der Waals surface area contributed by atoms with Gasteiger partial charge in [-0.2, -0.15) is 0 Å². The van der Waals surface area contributed by atoms with Crippen molar-refractivity contribution in [2.45, 2.75) is 38.6 Å². The van der Waals surface area contributed by atoms with Crippen LogP contribution in [0.1, 0.15) is 49.8 Å². The van der Waals surface area contributed by atoms with Crippen molar-refractivity contribution in [1.29, 1.82) is 0 Å². The number of fused-ring (bicyclic) bond motifs is 1. The van der Waals surface area contributed by atoms with Crippen LogP contribution in [0.5, 0.6) is 0 Å². The number of rotatable bonds is 6. The van der Waals surface area contributed by atoms with E-state index in [9.17, 15) is 9.59 Å². The van der Waals surface area contributed by atoms with Gasteiger partial charge in [-0.15, -0.1) is 0 Å². The molecule has 2 atom stereocenters. The van der Waals surface area contributed by atoms with Gasteiger partial charge in [0.05, 0.1) is 6.04 Å². The minimum absolute atomic E-state index is 0.0506. The molecule has 1 aliphatic heterocycles. The molecule has 1 aliphatic rings. The largest absolute Gasteiger partial charge is 0.367 e. The van der Waals surface area contributed by atoms with Crippen LogP contribution >= 0.6 is 0 Å². The Balaban J connectivity index is 1.89. The average Bonchev–Trinajstić information content (AvgIpc) is 2.71. The van der Waals surface area contributed by atoms with Crippen molar-refractivity contribution in [2.24, 2.45) is 0 Å². The molecule has 0 N–H and O–H groups in total. The van der Waals surface area contributed by atoms with Crippen LogP contribution < -0.4 is 4.90 Å². The lowest BCUT2D eigenvalue weighted by molar-refractivity contribution is -0.144. The number of hydrogen-bond acceptors (Lipinski definition) is 3. The number of para-hydroxylation sites is 1. The van der Waals surface area contributed by atoms with Crippen LogP contribution in [0.3, 0.4) is 0 Å². The van der Waals surface area contributed by atoms with Gasteiger partial charge in [-0.1, -0.05) is 48.5 Å². The summed E-state index contributed by atoms with van der Waals surface area (Å²) in [6.07, 6.45) is 1.10. The van der Waals surface area contributed by atoms with E-state index in [1.807, 2.05) is 44.2 Å². The molecule has 4 nitrogen and oxygen atoms in total. The number of nitrogens with zero attached hydrogens (tertiary/aromatic N) is 2. The number of ketones is 1. The standard InChI is InChI=1S/C23H28N2O2/c1-4-25(5-2)23(27)22(26)16-18-15-21(17-11-7-6-8-12-17)24(3)20-14-10-9-13-19(18)20/h6-14,18,21H,4-5,15-16H2,1-3H3/t18-,21-/m0/s1. The SMILES string of the molecule is CCN(CC)C(=O)C(=O)C[C@@H]1C[C@@H](c2ccccc2)N(C)c2ccccc21. The second-order valence-electron chi connectivity index (χ2n) is 7.13. The summed E-state index contributed by atoms with van der Waals surface area (Å²) in [5.41, 5.74) is 3.54. The predicted octanol–water partition coefficient (Wildman–Crippen LogP) is 4.18. The number of carbonyl (C=O) groups excluding carboxylic acids is 2. The molecule has 0 saturated carbocycles. The Morgan fingerprint density at radius 1 is 1.00 bits per heavy atom. The van der Waals surface area contributed by atoms with Crippen LogP contribution in [0, 0.1) is 0 Å². The highest BCUT2D eigenvalue weighted by Gasteiger charge is 2.34. The first kappa shape index (κ1) is 19.2. The van der Waals surface area contributed by atoms with Crippen LogP contribution in [0.25, 0.3) is 0 Å². The van der Waals surface area contributed by atoms with Crippen molar-refractivity contribution in [3.05, 3.63) is 65.7 Å². The Kier molecular flexibility index (Phi) is 5.94. The maximum absolute atomic E-state index is 12.7. The molecule has 1 amide bonds. The summed E-state index contributed by atoms with van der Waals surface area (Å²) in [7, 11) is 2.11. The highest BCUT2D eigenvalue weighted by atomic mass is 16.2. The van der Waals surface area contributed by atoms with Crippen molar-refractivity contribution >= 4 is 17.4 Å². The molecular weight excluding hydrogens is 336 g/mol. The fourth-order valence-corrected chi connectivity index (χ4v) is 4.10. The Morgan fingerprint density at radius 2 is 1.63 bits per heavy atom. The monoisotopic (exact) mass is 364 g/mol. The number of Topliss-reactive ketones (excluding diaryl/α,β-unsaturated/α-hetero) is 1. The molecule has 2 aromatic carbocycles. The van der Waals surface area contributed by atoms with Gasteiger partial charge < -0.3 is 9.80 Å². The molecule has 0 saturated heterocycles. The fraction of sp³-hybridized carbons (Fsp3) is 0.391. The molecule has 4 heteroatoms. The minimum atomic E-state index is -0.354. The maximum atomic E-state index is 12.7. The van der Waals surface area contributed by atoms with Crippen molar-refractivity contribution in [1.82, 2.24) is 4.90 Å². The van der Waals surface area contributed by atoms with E-state index in [2.05, 4.69) is 36.2 Å². The highest BCUT2D eigenvalue weighted by Crippen LogP contribution is 2.45. The van der Waals surface area contributed by atoms with Crippen LogP contribution in [0.15, 0.2) is 54.6 Å². The molecule has 1 heterocycles. The summed E-state index contributed by atoms with van der Waals surface area (Å²) in [5, 5.41) is 0. The lowest BCUT2D eigenvalue weighted by Crippen LogP contribution is -2.38. The molecule has 0 fully saturated rings. The number of carbonyl (C=O) groups is 2. The molecule has 0 radical (unpaired) electrons. The van der Waals surface area contributed by atoms with E-state index in [4.69, 9.17) is 0 Å². The van der Waals surface area contributed by atoms with Crippen molar-refractivity contribution in [3.63, 3.8) is 0 Å². The minimum Gasteiger partial charge on any atom is -0.367 e. The third-order valence-electron chi connectivity index (χ3n) is 5.64. The molecule has 2 aromatic rings. The van der Waals surface area contributed by atoms with E-state index in [1.165, 1.54) is 5.56 Å². The summed E-state index contributed by atoms with van der Waals surface area (Å²) in [4.78, 5) is 29.1. The normalized spacial score (nSPS) is 18.7. The second-order valence-corrected chi connectivity index (χ2v) is 7.13. The lowest BCUT2D eigenvalue weighted by atomic mass is 9.80. The van der Waals surface area contributed by atoms with Crippen molar-refractivity contribution < 1.29 is 9.59 Å². The second kappa shape index (κ2) is 8.38. The zero-order chi connectivity index (χ0) is 19.4. The van der Waals surface area contributed by atoms with E-state index in [0.29, 0.717) is 13.1 Å². The van der Waals surface area contributed by atoms with Gasteiger partial charge in [-0.3, -0.25) is 9.59 Å². The zero-order valence-corrected chi connectivity index (χ0v) is 16.4. The summed E-state index contributed by atoms with van der Waals surface area (Å²) >= 11 is 0. The van der Waals surface area contributed by atoms with Gasteiger partial charge in [0.15, 0.2) is 0 Å². The predicted molar refractivity (Wildman–Crippen MR) is 109 cm³/mol. The Hall–Kier alpha value is -2.62. The topological polar surface area (TPSA) is 40.6 Å². The first-order valence-electron chi connectivity index (χ1n) is 9.75. The molecule has 27 heavy (non-hydrogen) atoms. The molecule has 0 unspecified atom stereocenters. The fourth-order valence-electron chi connectivity index (χ4n) is 4.10. The number of likely N-dealkylation sites (N-methyl/N-ethyl adjacent to an activating group) is 1. The summed E-state index contributed by atoms with van der Waals surface area (Å²) in [6, 6.07) is 18.8. The van der Waals surface area contributed by atoms with Crippen LogP contribution in [0.4, 0.5) is 5.69 Å². The highest BCUT2D eigenvalue weighted by molar-refractivity contribution is 6.36. The lowest BCUT2D eigenvalue weighted by Gasteiger charge is -2.40. The third-order valence-corrected chi connectivity index (χ3v) is 5.64. The molecule has 0 aromatic heterocycles. The van der Waals surface area contributed by atoms with E-state index in [0.717, 1.165) is 17.7 Å². The molecule has 0 bridgehead atoms. The summed E-state index contributed by atoms with van der Waals surface area (Å²) < 4.78 is 0. The third kappa shape index (κ3) is 3.90. The molecular formula is C23H28N2O2. The Bertz CT molecular complexity index is 799. The van der Waals surface area contributed by atoms with Crippen LogP contribution in [-0.4, -0.2) is 36.7 Å². The van der Waals surface area contributed by atoms with Crippen molar-refractivity contribution in [2.75, 3.05) is 25.0 Å². The molecule has 3 rings (SSSR count). The quantitative estimate of drug-likeness (QED) is 0.722. The maximum Gasteiger partial charge on any atom is 0.289 e. The van der Waals surface area contributed by atoms with Crippen LogP contribution in [0.2, 0.25) is 0 Å². The van der Waals surface area contributed by atoms with Gasteiger partial charge in [0.2, 0.25) is 5.78 Å². The summed E-state index contributed by atoms with van der Waals surface area (Å²) in [5.74, 6) is -0.586. The van der Waals surface area contributed by atoms with Gasteiger partial charge in [0.25, 0.3) is 5.91 Å². The first-order chi connectivity index (χ1) is 13.1. The van der Waals surface area contributed by atoms with Crippen molar-refractivity contribution in [3.8, 4) is 0 Å². The van der Waals surface area contributed by atoms with E-state index in [1.54, 1.807) is 4.90 Å². The van der Waals surface area contributed by atoms with E-state index < -0.39 is 0 Å². The van der Waals surface area contributed by atoms with Gasteiger partial charge in [0, 0.05) is 32.2 Å². The van der Waals surface area contributed by atoms with Gasteiger partial charge in [-0.25, -0.2) is 0 Å². The zero-order valence-electron chi connectivity index (χ0n) is 16.4. The Labute approximate surface area is 161 Å². The number of anilines is 1. The molecule has 0 aliphatic carbocycles. The number of benzene rings is 2. The molecule has 142 valence electrons. The first-order valence-corrected chi connectivity index (χ1v) is 9.75. The van der Waals surface area contributed by atoms with Gasteiger partial charge in [0.1, 0.15) is 0 Å². The van der Waals surface area contributed by atoms with E-state index >= 15 is 0 Å². The van der Waals surface area contributed by atoms with E-state index in [-0.39, 0.29) is 30.1 Å². The Morgan fingerprint density at radius 3 is 2.30 bits per heavy atom. The molecule has 0 spiro atoms. The number of amides is 1.